The molecule has 0 bridgehead atoms. The van der Waals surface area contributed by atoms with E-state index < -0.39 is 0 Å². The van der Waals surface area contributed by atoms with Gasteiger partial charge in [0.05, 0.1) is 19.1 Å². The number of hydrogen-bond acceptors (Lipinski definition) is 4. The van der Waals surface area contributed by atoms with Crippen LogP contribution in [-0.2, 0) is 9.59 Å². The maximum Gasteiger partial charge on any atom is 0.238 e. The summed E-state index contributed by atoms with van der Waals surface area (Å²) in [6.45, 7) is 2.23. The van der Waals surface area contributed by atoms with E-state index in [1.807, 2.05) is 24.4 Å². The molecule has 1 atom stereocenters. The summed E-state index contributed by atoms with van der Waals surface area (Å²) in [5.41, 5.74) is 0.675. The van der Waals surface area contributed by atoms with Gasteiger partial charge in [0.2, 0.25) is 11.8 Å². The number of rotatable bonds is 7. The summed E-state index contributed by atoms with van der Waals surface area (Å²) in [5, 5.41) is 8.28. The van der Waals surface area contributed by atoms with Crippen LogP contribution in [0, 0.1) is 0 Å². The van der Waals surface area contributed by atoms with Gasteiger partial charge in [-0.3, -0.25) is 14.5 Å². The lowest BCUT2D eigenvalue weighted by Gasteiger charge is -2.18. The van der Waals surface area contributed by atoms with Gasteiger partial charge in [-0.1, -0.05) is 17.7 Å². The Kier molecular flexibility index (Phi) is 6.78. The Labute approximate surface area is 150 Å². The van der Waals surface area contributed by atoms with E-state index in [-0.39, 0.29) is 30.9 Å². The highest BCUT2D eigenvalue weighted by Gasteiger charge is 2.14. The van der Waals surface area contributed by atoms with Crippen LogP contribution in [0.3, 0.4) is 0 Å². The maximum atomic E-state index is 12.0. The normalized spacial score (nSPS) is 12.0. The molecule has 2 aromatic rings. The molecule has 1 unspecified atom stereocenters. The molecule has 0 radical (unpaired) electrons. The first-order valence-corrected chi connectivity index (χ1v) is 8.76. The molecule has 0 aliphatic rings. The fourth-order valence-electron chi connectivity index (χ4n) is 2.18. The number of benzene rings is 1. The van der Waals surface area contributed by atoms with E-state index in [4.69, 9.17) is 11.6 Å². The van der Waals surface area contributed by atoms with Gasteiger partial charge in [0.25, 0.3) is 0 Å². The van der Waals surface area contributed by atoms with Crippen molar-refractivity contribution in [1.29, 1.82) is 0 Å². The fourth-order valence-corrected chi connectivity index (χ4v) is 3.04. The van der Waals surface area contributed by atoms with Crippen LogP contribution in [0.1, 0.15) is 17.8 Å². The third-order valence-corrected chi connectivity index (χ3v) is 4.61. The molecule has 0 saturated heterocycles. The Morgan fingerprint density at radius 2 is 1.83 bits per heavy atom. The van der Waals surface area contributed by atoms with Crippen molar-refractivity contribution in [3.05, 3.63) is 51.7 Å². The van der Waals surface area contributed by atoms with Crippen molar-refractivity contribution in [1.82, 2.24) is 10.2 Å². The van der Waals surface area contributed by atoms with E-state index in [1.54, 1.807) is 47.5 Å². The molecule has 7 heteroatoms. The molecule has 1 aromatic carbocycles. The van der Waals surface area contributed by atoms with E-state index in [0.29, 0.717) is 10.7 Å². The number of carbonyl (C=O) groups is 2. The van der Waals surface area contributed by atoms with Crippen LogP contribution in [-0.4, -0.2) is 36.9 Å². The number of anilines is 1. The molecule has 0 aliphatic carbocycles. The highest BCUT2D eigenvalue weighted by atomic mass is 35.5. The van der Waals surface area contributed by atoms with Gasteiger partial charge in [0.1, 0.15) is 0 Å². The number of thiophene rings is 1. The summed E-state index contributed by atoms with van der Waals surface area (Å²) >= 11 is 7.41. The minimum atomic E-state index is -0.182. The van der Waals surface area contributed by atoms with Crippen molar-refractivity contribution < 1.29 is 9.59 Å². The Bertz CT molecular complexity index is 674. The number of amides is 2. The zero-order chi connectivity index (χ0) is 17.5. The summed E-state index contributed by atoms with van der Waals surface area (Å²) in [4.78, 5) is 26.8. The molecule has 1 heterocycles. The Morgan fingerprint density at radius 3 is 2.46 bits per heavy atom. The first-order valence-electron chi connectivity index (χ1n) is 7.51. The second-order valence-corrected chi connectivity index (χ2v) is 6.95. The Balaban J connectivity index is 1.75. The molecule has 1 aromatic heterocycles. The molecule has 0 saturated carbocycles. The van der Waals surface area contributed by atoms with Crippen LogP contribution in [0.5, 0.6) is 0 Å². The van der Waals surface area contributed by atoms with Crippen molar-refractivity contribution in [3.63, 3.8) is 0 Å². The standard InChI is InChI=1S/C17H20ClN3O2S/c1-12(15-4-3-9-24-15)19-16(22)10-21(2)11-17(23)20-14-7-5-13(18)6-8-14/h3-9,12H,10-11H2,1-2H3,(H,19,22)(H,20,23). The smallest absolute Gasteiger partial charge is 0.238 e. The summed E-state index contributed by atoms with van der Waals surface area (Å²) in [6, 6.07) is 10.8. The lowest BCUT2D eigenvalue weighted by molar-refractivity contribution is -0.123. The number of likely N-dealkylation sites (N-methyl/N-ethyl adjacent to an activating group) is 1. The predicted octanol–water partition coefficient (Wildman–Crippen LogP) is 3.15. The monoisotopic (exact) mass is 365 g/mol. The minimum absolute atomic E-state index is 0.0335. The second-order valence-electron chi connectivity index (χ2n) is 5.53. The molecule has 128 valence electrons. The van der Waals surface area contributed by atoms with Gasteiger partial charge in [-0.15, -0.1) is 11.3 Å². The first-order chi connectivity index (χ1) is 11.4. The molecule has 0 fully saturated rings. The van der Waals surface area contributed by atoms with Gasteiger partial charge in [-0.05, 0) is 49.7 Å². The van der Waals surface area contributed by atoms with Crippen molar-refractivity contribution in [2.45, 2.75) is 13.0 Å². The summed E-state index contributed by atoms with van der Waals surface area (Å²) < 4.78 is 0. The molecule has 2 amide bonds. The summed E-state index contributed by atoms with van der Waals surface area (Å²) in [5.74, 6) is -0.295. The van der Waals surface area contributed by atoms with Crippen molar-refractivity contribution in [2.24, 2.45) is 0 Å². The van der Waals surface area contributed by atoms with Crippen LogP contribution in [0.2, 0.25) is 5.02 Å². The predicted molar refractivity (Wildman–Crippen MR) is 98.5 cm³/mol. The van der Waals surface area contributed by atoms with Crippen LogP contribution >= 0.6 is 22.9 Å². The van der Waals surface area contributed by atoms with E-state index >= 15 is 0 Å². The van der Waals surface area contributed by atoms with Gasteiger partial charge in [-0.25, -0.2) is 0 Å². The molecule has 0 spiro atoms. The number of nitrogens with one attached hydrogen (secondary N) is 2. The van der Waals surface area contributed by atoms with Crippen LogP contribution in [0.4, 0.5) is 5.69 Å². The highest BCUT2D eigenvalue weighted by molar-refractivity contribution is 7.10. The molecular formula is C17H20ClN3O2S. The molecule has 5 nitrogen and oxygen atoms in total. The van der Waals surface area contributed by atoms with E-state index in [0.717, 1.165) is 4.88 Å². The number of hydrogen-bond donors (Lipinski definition) is 2. The molecule has 24 heavy (non-hydrogen) atoms. The van der Waals surface area contributed by atoms with Crippen molar-refractivity contribution >= 4 is 40.4 Å². The van der Waals surface area contributed by atoms with Crippen molar-refractivity contribution in [2.75, 3.05) is 25.5 Å². The summed E-state index contributed by atoms with van der Waals surface area (Å²) in [7, 11) is 1.73. The Hall–Kier alpha value is -1.89. The lowest BCUT2D eigenvalue weighted by Crippen LogP contribution is -2.39. The van der Waals surface area contributed by atoms with Crippen LogP contribution in [0.15, 0.2) is 41.8 Å². The van der Waals surface area contributed by atoms with Gasteiger partial charge >= 0.3 is 0 Å². The second kappa shape index (κ2) is 8.82. The van der Waals surface area contributed by atoms with Gasteiger partial charge in [0.15, 0.2) is 0 Å². The zero-order valence-electron chi connectivity index (χ0n) is 13.6. The average molecular weight is 366 g/mol. The third kappa shape index (κ3) is 5.96. The lowest BCUT2D eigenvalue weighted by atomic mass is 10.2. The van der Waals surface area contributed by atoms with Gasteiger partial charge in [0, 0.05) is 15.6 Å². The van der Waals surface area contributed by atoms with E-state index in [2.05, 4.69) is 10.6 Å². The van der Waals surface area contributed by atoms with E-state index in [9.17, 15) is 9.59 Å². The first kappa shape index (κ1) is 18.4. The Morgan fingerprint density at radius 1 is 1.17 bits per heavy atom. The number of nitrogens with zero attached hydrogens (tertiary/aromatic N) is 1. The highest BCUT2D eigenvalue weighted by Crippen LogP contribution is 2.17. The van der Waals surface area contributed by atoms with Crippen LogP contribution in [0.25, 0.3) is 0 Å². The SMILES string of the molecule is CC(NC(=O)CN(C)CC(=O)Nc1ccc(Cl)cc1)c1cccs1. The largest absolute Gasteiger partial charge is 0.348 e. The average Bonchev–Trinajstić information content (AvgIpc) is 3.03. The topological polar surface area (TPSA) is 61.4 Å². The third-order valence-electron chi connectivity index (χ3n) is 3.30. The van der Waals surface area contributed by atoms with Crippen LogP contribution < -0.4 is 10.6 Å². The van der Waals surface area contributed by atoms with Gasteiger partial charge in [-0.2, -0.15) is 0 Å². The van der Waals surface area contributed by atoms with E-state index in [1.165, 1.54) is 0 Å². The molecule has 2 rings (SSSR count). The maximum absolute atomic E-state index is 12.0. The van der Waals surface area contributed by atoms with Crippen molar-refractivity contribution in [3.8, 4) is 0 Å². The molecule has 2 N–H and O–H groups in total. The minimum Gasteiger partial charge on any atom is -0.348 e. The number of halogens is 1. The zero-order valence-corrected chi connectivity index (χ0v) is 15.2. The summed E-state index contributed by atoms with van der Waals surface area (Å²) in [6.07, 6.45) is 0. The quantitative estimate of drug-likeness (QED) is 0.792. The number of carbonyl (C=O) groups excluding carboxylic acids is 2. The molecular weight excluding hydrogens is 346 g/mol. The molecule has 0 aliphatic heterocycles. The fraction of sp³-hybridized carbons (Fsp3) is 0.294. The van der Waals surface area contributed by atoms with Gasteiger partial charge < -0.3 is 10.6 Å².